The number of carbonyl (C=O) groups is 2. The molecule has 0 bridgehead atoms. The van der Waals surface area contributed by atoms with E-state index in [0.717, 1.165) is 0 Å². The number of halogens is 1. The summed E-state index contributed by atoms with van der Waals surface area (Å²) in [5, 5.41) is 6.34. The molecule has 1 rings (SSSR count). The SMILES string of the molecule is CC(NC(=O)c1cnn(C)c1Br)C(N)=O. The maximum Gasteiger partial charge on any atom is 0.256 e. The molecule has 1 aromatic rings. The Labute approximate surface area is 94.9 Å². The van der Waals surface area contributed by atoms with Gasteiger partial charge in [-0.1, -0.05) is 0 Å². The van der Waals surface area contributed by atoms with E-state index in [-0.39, 0.29) is 5.91 Å². The van der Waals surface area contributed by atoms with Gasteiger partial charge < -0.3 is 11.1 Å². The smallest absolute Gasteiger partial charge is 0.256 e. The number of aryl methyl sites for hydroxylation is 1. The van der Waals surface area contributed by atoms with E-state index < -0.39 is 11.9 Å². The highest BCUT2D eigenvalue weighted by molar-refractivity contribution is 9.10. The molecular formula is C8H11BrN4O2. The highest BCUT2D eigenvalue weighted by Crippen LogP contribution is 2.14. The van der Waals surface area contributed by atoms with Crippen molar-refractivity contribution in [2.24, 2.45) is 12.8 Å². The second-order valence-electron chi connectivity index (χ2n) is 3.07. The van der Waals surface area contributed by atoms with Crippen LogP contribution >= 0.6 is 15.9 Å². The van der Waals surface area contributed by atoms with Gasteiger partial charge in [-0.05, 0) is 22.9 Å². The summed E-state index contributed by atoms with van der Waals surface area (Å²) < 4.78 is 2.06. The lowest BCUT2D eigenvalue weighted by molar-refractivity contribution is -0.119. The third-order valence-corrected chi connectivity index (χ3v) is 2.83. The number of amides is 2. The molecule has 0 radical (unpaired) electrons. The van der Waals surface area contributed by atoms with Gasteiger partial charge in [-0.15, -0.1) is 0 Å². The highest BCUT2D eigenvalue weighted by atomic mass is 79.9. The summed E-state index contributed by atoms with van der Waals surface area (Å²) in [5.41, 5.74) is 5.39. The minimum atomic E-state index is -0.704. The van der Waals surface area contributed by atoms with Crippen LogP contribution in [0.3, 0.4) is 0 Å². The maximum atomic E-state index is 11.6. The van der Waals surface area contributed by atoms with Crippen molar-refractivity contribution in [2.75, 3.05) is 0 Å². The molecule has 1 heterocycles. The van der Waals surface area contributed by atoms with Crippen molar-refractivity contribution in [3.8, 4) is 0 Å². The molecule has 0 saturated heterocycles. The monoisotopic (exact) mass is 274 g/mol. The minimum absolute atomic E-state index is 0.366. The molecule has 82 valence electrons. The average molecular weight is 275 g/mol. The molecule has 0 saturated carbocycles. The van der Waals surface area contributed by atoms with Crippen molar-refractivity contribution < 1.29 is 9.59 Å². The van der Waals surface area contributed by atoms with Crippen molar-refractivity contribution in [1.82, 2.24) is 15.1 Å². The van der Waals surface area contributed by atoms with Crippen LogP contribution in [0.25, 0.3) is 0 Å². The molecule has 1 atom stereocenters. The Balaban J connectivity index is 2.78. The van der Waals surface area contributed by atoms with Crippen LogP contribution in [0, 0.1) is 0 Å². The van der Waals surface area contributed by atoms with Crippen molar-refractivity contribution in [3.05, 3.63) is 16.4 Å². The topological polar surface area (TPSA) is 90.0 Å². The van der Waals surface area contributed by atoms with Gasteiger partial charge >= 0.3 is 0 Å². The molecule has 0 aliphatic carbocycles. The van der Waals surface area contributed by atoms with Gasteiger partial charge in [0.25, 0.3) is 5.91 Å². The summed E-state index contributed by atoms with van der Waals surface area (Å²) in [7, 11) is 1.69. The molecule has 1 unspecified atom stereocenters. The van der Waals surface area contributed by atoms with Crippen LogP contribution in [0.2, 0.25) is 0 Å². The van der Waals surface area contributed by atoms with Crippen LogP contribution in [-0.4, -0.2) is 27.6 Å². The Bertz CT molecular complexity index is 401. The summed E-state index contributed by atoms with van der Waals surface area (Å²) in [6, 6.07) is -0.704. The van der Waals surface area contributed by atoms with E-state index in [1.807, 2.05) is 0 Å². The molecule has 0 spiro atoms. The van der Waals surface area contributed by atoms with E-state index in [1.54, 1.807) is 7.05 Å². The van der Waals surface area contributed by atoms with Gasteiger partial charge in [0.15, 0.2) is 0 Å². The second-order valence-corrected chi connectivity index (χ2v) is 3.82. The Morgan fingerprint density at radius 1 is 1.67 bits per heavy atom. The predicted molar refractivity (Wildman–Crippen MR) is 57.0 cm³/mol. The van der Waals surface area contributed by atoms with Crippen molar-refractivity contribution >= 4 is 27.7 Å². The van der Waals surface area contributed by atoms with Gasteiger partial charge in [0.05, 0.1) is 11.8 Å². The highest BCUT2D eigenvalue weighted by Gasteiger charge is 2.18. The maximum absolute atomic E-state index is 11.6. The summed E-state index contributed by atoms with van der Waals surface area (Å²) in [6.07, 6.45) is 1.41. The number of hydrogen-bond acceptors (Lipinski definition) is 3. The van der Waals surface area contributed by atoms with Crippen molar-refractivity contribution in [1.29, 1.82) is 0 Å². The molecule has 0 aliphatic heterocycles. The number of aromatic nitrogens is 2. The van der Waals surface area contributed by atoms with E-state index in [1.165, 1.54) is 17.8 Å². The third kappa shape index (κ3) is 2.56. The molecule has 15 heavy (non-hydrogen) atoms. The normalized spacial score (nSPS) is 12.2. The number of primary amides is 1. The van der Waals surface area contributed by atoms with E-state index >= 15 is 0 Å². The van der Waals surface area contributed by atoms with Gasteiger partial charge in [-0.3, -0.25) is 14.3 Å². The van der Waals surface area contributed by atoms with Crippen LogP contribution in [-0.2, 0) is 11.8 Å². The van der Waals surface area contributed by atoms with Crippen LogP contribution in [0.15, 0.2) is 10.8 Å². The van der Waals surface area contributed by atoms with Crippen LogP contribution in [0.1, 0.15) is 17.3 Å². The van der Waals surface area contributed by atoms with Gasteiger partial charge in [0, 0.05) is 7.05 Å². The molecule has 7 heteroatoms. The van der Waals surface area contributed by atoms with E-state index in [9.17, 15) is 9.59 Å². The van der Waals surface area contributed by atoms with Gasteiger partial charge in [-0.25, -0.2) is 0 Å². The average Bonchev–Trinajstić information content (AvgIpc) is 2.47. The standard InChI is InChI=1S/C8H11BrN4O2/c1-4(7(10)14)12-8(15)5-3-11-13(2)6(5)9/h3-4H,1-2H3,(H2,10,14)(H,12,15). The predicted octanol–water partition coefficient (Wildman–Crippen LogP) is -0.214. The van der Waals surface area contributed by atoms with Gasteiger partial charge in [-0.2, -0.15) is 5.10 Å². The third-order valence-electron chi connectivity index (χ3n) is 1.89. The van der Waals surface area contributed by atoms with Gasteiger partial charge in [0.2, 0.25) is 5.91 Å². The van der Waals surface area contributed by atoms with E-state index in [2.05, 4.69) is 26.3 Å². The van der Waals surface area contributed by atoms with Crippen LogP contribution in [0.5, 0.6) is 0 Å². The fourth-order valence-corrected chi connectivity index (χ4v) is 1.29. The molecule has 2 amide bonds. The van der Waals surface area contributed by atoms with Crippen molar-refractivity contribution in [3.63, 3.8) is 0 Å². The first-order valence-electron chi connectivity index (χ1n) is 4.21. The molecule has 0 aromatic carbocycles. The number of nitrogens with one attached hydrogen (secondary N) is 1. The van der Waals surface area contributed by atoms with E-state index in [4.69, 9.17) is 5.73 Å². The molecular weight excluding hydrogens is 264 g/mol. The summed E-state index contributed by atoms with van der Waals surface area (Å²) >= 11 is 3.20. The fraction of sp³-hybridized carbons (Fsp3) is 0.375. The number of carbonyl (C=O) groups excluding carboxylic acids is 2. The largest absolute Gasteiger partial charge is 0.368 e. The first-order chi connectivity index (χ1) is 6.93. The minimum Gasteiger partial charge on any atom is -0.368 e. The zero-order valence-electron chi connectivity index (χ0n) is 8.32. The van der Waals surface area contributed by atoms with Gasteiger partial charge in [0.1, 0.15) is 10.6 Å². The molecule has 1 aromatic heterocycles. The zero-order chi connectivity index (χ0) is 11.6. The molecule has 3 N–H and O–H groups in total. The lowest BCUT2D eigenvalue weighted by atomic mass is 10.3. The second kappa shape index (κ2) is 4.43. The van der Waals surface area contributed by atoms with Crippen LogP contribution < -0.4 is 11.1 Å². The summed E-state index contributed by atoms with van der Waals surface area (Å²) in [5.74, 6) is -0.968. The van der Waals surface area contributed by atoms with E-state index in [0.29, 0.717) is 10.2 Å². The fourth-order valence-electron chi connectivity index (χ4n) is 0.920. The Morgan fingerprint density at radius 2 is 2.27 bits per heavy atom. The first-order valence-corrected chi connectivity index (χ1v) is 5.00. The number of rotatable bonds is 3. The molecule has 0 fully saturated rings. The number of nitrogens with two attached hydrogens (primary N) is 1. The molecule has 6 nitrogen and oxygen atoms in total. The summed E-state index contributed by atoms with van der Waals surface area (Å²) in [6.45, 7) is 1.52. The zero-order valence-corrected chi connectivity index (χ0v) is 9.91. The van der Waals surface area contributed by atoms with Crippen LogP contribution in [0.4, 0.5) is 0 Å². The number of hydrogen-bond donors (Lipinski definition) is 2. The Kier molecular flexibility index (Phi) is 3.46. The van der Waals surface area contributed by atoms with Crippen molar-refractivity contribution in [2.45, 2.75) is 13.0 Å². The number of nitrogens with zero attached hydrogens (tertiary/aromatic N) is 2. The lowest BCUT2D eigenvalue weighted by Gasteiger charge is -2.08. The Morgan fingerprint density at radius 3 is 2.67 bits per heavy atom. The molecule has 0 aliphatic rings. The first kappa shape index (κ1) is 11.7. The summed E-state index contributed by atoms with van der Waals surface area (Å²) in [4.78, 5) is 22.3. The lowest BCUT2D eigenvalue weighted by Crippen LogP contribution is -2.42. The Hall–Kier alpha value is -1.37. The quantitative estimate of drug-likeness (QED) is 0.799.